The molecule has 0 saturated carbocycles. The van der Waals surface area contributed by atoms with Gasteiger partial charge in [0.2, 0.25) is 5.60 Å². The first-order valence-electron chi connectivity index (χ1n) is 14.2. The SMILES string of the molecule is O.O.O=C(O)CN(CCN(CC(=O)O)CC(=O)O)CC(=O)O.O=C(O)CN(CCN(CC(=O)O)CC(=O)OC(CC(=O)O)(CC(=O)O)C(=O)O)CC(=O)O.[H-].[H-].[H-].[H-].[H-].[H-].[H-].[Na+].[Na+].[Na+].[Na+].[Na+].[Na+].[Na+]. The van der Waals surface area contributed by atoms with Gasteiger partial charge in [-0.15, -0.1) is 0 Å². The Morgan fingerprint density at radius 1 is 0.344 bits per heavy atom. The van der Waals surface area contributed by atoms with E-state index < -0.39 is 136 Å². The van der Waals surface area contributed by atoms with E-state index in [4.69, 9.17) is 46.0 Å². The second-order valence-electron chi connectivity index (χ2n) is 10.5. The van der Waals surface area contributed by atoms with Crippen LogP contribution in [0.25, 0.3) is 0 Å². The van der Waals surface area contributed by atoms with Crippen LogP contribution in [-0.4, -0.2) is 231 Å². The third-order valence-electron chi connectivity index (χ3n) is 5.90. The molecule has 0 atom stereocenters. The van der Waals surface area contributed by atoms with Gasteiger partial charge in [0.1, 0.15) is 0 Å². The number of hydrogen-bond acceptors (Lipinski definition) is 16. The van der Waals surface area contributed by atoms with Crippen LogP contribution in [0.5, 0.6) is 0 Å². The molecule has 0 spiro atoms. The first-order valence-corrected chi connectivity index (χ1v) is 14.2. The Kier molecular flexibility index (Phi) is 71.0. The molecule has 0 radical (unpaired) electrons. The van der Waals surface area contributed by atoms with Crippen LogP contribution in [0.1, 0.15) is 22.8 Å². The number of rotatable bonds is 28. The Morgan fingerprint density at radius 3 is 0.672 bits per heavy atom. The van der Waals surface area contributed by atoms with Crippen molar-refractivity contribution in [2.75, 3.05) is 78.5 Å². The maximum atomic E-state index is 12.2. The number of carboxylic acid groups (broad SMARTS) is 10. The quantitative estimate of drug-likeness (QED) is 0.0257. The van der Waals surface area contributed by atoms with Gasteiger partial charge in [-0.05, 0) is 0 Å². The maximum Gasteiger partial charge on any atom is 1.00 e. The van der Waals surface area contributed by atoms with Gasteiger partial charge >= 0.3 is 273 Å². The van der Waals surface area contributed by atoms with Crippen molar-refractivity contribution in [1.82, 2.24) is 19.6 Å². The van der Waals surface area contributed by atoms with Gasteiger partial charge in [-0.3, -0.25) is 67.5 Å². The average Bonchev–Trinajstić information content (AvgIpc) is 2.91. The Balaban J connectivity index is -0.0000000393. The second-order valence-corrected chi connectivity index (χ2v) is 10.5. The molecule has 35 heteroatoms. The van der Waals surface area contributed by atoms with Gasteiger partial charge in [-0.1, -0.05) is 0 Å². The number of ether oxygens (including phenoxy) is 1. The molecule has 0 aliphatic heterocycles. The zero-order valence-corrected chi connectivity index (χ0v) is 49.1. The standard InChI is InChI=1S/C16H22N2O14.C10H16N2O8.7Na.2H2O.7H/c19-9(20)3-16(15(30)31,4-10(21)22)32-14(29)8-18(7-13(27)28)2-1-17(5-11(23)24)6-12(25)26;13-7(14)3-11(4-8(15)16)1-2-12(5-9(17)18)6-10(19)20;;;;;;;;;;;;;;;;/h1-8H2,(H,19,20)(H,21,22)(H,23,24)(H,25,26)(H,27,28)(H,30,31);1-6H2,(H,13,14)(H,15,16)(H,17,18)(H,19,20);;;;;;;;2*1H2;;;;;;;/q;;7*+1;;;7*-1. The van der Waals surface area contributed by atoms with Crippen molar-refractivity contribution in [3.63, 3.8) is 0 Å². The van der Waals surface area contributed by atoms with E-state index in [1.165, 1.54) is 0 Å². The number of hydrogen-bond donors (Lipinski definition) is 10. The molecule has 0 rings (SSSR count). The topological polar surface area (TPSA) is 475 Å². The summed E-state index contributed by atoms with van der Waals surface area (Å²) in [6.07, 6.45) is -2.77. The van der Waals surface area contributed by atoms with Crippen molar-refractivity contribution in [3.8, 4) is 0 Å². The number of carbonyl (C=O) groups is 11. The van der Waals surface area contributed by atoms with Gasteiger partial charge in [0.25, 0.3) is 0 Å². The fourth-order valence-corrected chi connectivity index (χ4v) is 4.01. The van der Waals surface area contributed by atoms with Crippen molar-refractivity contribution < 1.29 is 336 Å². The summed E-state index contributed by atoms with van der Waals surface area (Å²) in [6, 6.07) is 0. The van der Waals surface area contributed by atoms with Crippen LogP contribution in [-0.2, 0) is 57.5 Å². The number of nitrogens with zero attached hydrogens (tertiary/aromatic N) is 4. The molecule has 61 heavy (non-hydrogen) atoms. The summed E-state index contributed by atoms with van der Waals surface area (Å²) >= 11 is 0. The smallest absolute Gasteiger partial charge is 1.00 e. The summed E-state index contributed by atoms with van der Waals surface area (Å²) in [5.74, 6) is -16.2. The normalized spacial score (nSPS) is 9.38. The molecular weight excluding hydrogens is 913 g/mol. The Labute approximate surface area is 511 Å². The first-order chi connectivity index (χ1) is 23.9. The predicted molar refractivity (Wildman–Crippen MR) is 175 cm³/mol. The van der Waals surface area contributed by atoms with E-state index in [0.29, 0.717) is 0 Å². The van der Waals surface area contributed by atoms with E-state index in [2.05, 4.69) is 4.74 Å². The van der Waals surface area contributed by atoms with Crippen LogP contribution in [0.15, 0.2) is 0 Å². The predicted octanol–water partition coefficient (Wildman–Crippen LogP) is -26.7. The largest absolute Gasteiger partial charge is 1.00 e. The minimum Gasteiger partial charge on any atom is -1.00 e. The van der Waals surface area contributed by atoms with E-state index >= 15 is 0 Å². The molecule has 0 bridgehead atoms. The molecule has 324 valence electrons. The van der Waals surface area contributed by atoms with Crippen molar-refractivity contribution in [1.29, 1.82) is 0 Å². The third-order valence-corrected chi connectivity index (χ3v) is 5.90. The van der Waals surface area contributed by atoms with Crippen LogP contribution in [0.2, 0.25) is 0 Å². The van der Waals surface area contributed by atoms with Crippen molar-refractivity contribution >= 4 is 65.7 Å². The van der Waals surface area contributed by atoms with Gasteiger partial charge in [-0.25, -0.2) is 4.79 Å². The molecule has 0 aromatic rings. The molecule has 0 amide bonds. The zero-order chi connectivity index (χ0) is 40.8. The Bertz CT molecular complexity index is 1300. The van der Waals surface area contributed by atoms with Crippen LogP contribution in [0, 0.1) is 0 Å². The summed E-state index contributed by atoms with van der Waals surface area (Å²) < 4.78 is 4.63. The molecule has 0 unspecified atom stereocenters. The number of esters is 1. The first kappa shape index (κ1) is 88.6. The van der Waals surface area contributed by atoms with Crippen LogP contribution >= 0.6 is 0 Å². The summed E-state index contributed by atoms with van der Waals surface area (Å²) in [5.41, 5.74) is -2.96. The molecule has 0 aromatic carbocycles. The van der Waals surface area contributed by atoms with Gasteiger partial charge in [0, 0.05) is 26.2 Å². The summed E-state index contributed by atoms with van der Waals surface area (Å²) in [6.45, 7) is -6.14. The molecule has 28 nitrogen and oxygen atoms in total. The zero-order valence-electron chi connectivity index (χ0n) is 42.1. The van der Waals surface area contributed by atoms with E-state index in [1.54, 1.807) is 0 Å². The summed E-state index contributed by atoms with van der Waals surface area (Å²) in [7, 11) is 0. The molecular formula is C26H49N4Na7O24. The van der Waals surface area contributed by atoms with Crippen LogP contribution in [0.3, 0.4) is 0 Å². The van der Waals surface area contributed by atoms with Gasteiger partial charge in [0.15, 0.2) is 0 Å². The Hall–Kier alpha value is 0.930. The fourth-order valence-electron chi connectivity index (χ4n) is 4.01. The van der Waals surface area contributed by atoms with E-state index in [9.17, 15) is 57.8 Å². The minimum atomic E-state index is -2.96. The van der Waals surface area contributed by atoms with Crippen molar-refractivity contribution in [2.45, 2.75) is 18.4 Å². The van der Waals surface area contributed by atoms with Crippen molar-refractivity contribution in [3.05, 3.63) is 0 Å². The minimum absolute atomic E-state index is 0. The summed E-state index contributed by atoms with van der Waals surface area (Å²) in [4.78, 5) is 124. The number of carbonyl (C=O) groups excluding carboxylic acids is 1. The van der Waals surface area contributed by atoms with Gasteiger partial charge in [-0.2, -0.15) is 0 Å². The van der Waals surface area contributed by atoms with Crippen LogP contribution < -0.4 is 207 Å². The Morgan fingerprint density at radius 2 is 0.525 bits per heavy atom. The number of carboxylic acids is 10. The van der Waals surface area contributed by atoms with E-state index in [0.717, 1.165) is 19.6 Å². The monoisotopic (exact) mass is 962 g/mol. The molecule has 0 aliphatic carbocycles. The van der Waals surface area contributed by atoms with E-state index in [-0.39, 0.29) is 254 Å². The molecule has 0 aliphatic rings. The molecule has 14 N–H and O–H groups in total. The molecule has 0 saturated heterocycles. The fraction of sp³-hybridized carbons (Fsp3) is 0.577. The number of aliphatic carboxylic acids is 10. The summed E-state index contributed by atoms with van der Waals surface area (Å²) in [5, 5.41) is 88.1. The molecule has 0 aromatic heterocycles. The van der Waals surface area contributed by atoms with Gasteiger partial charge < -0.3 is 76.7 Å². The maximum absolute atomic E-state index is 12.2. The van der Waals surface area contributed by atoms with Crippen LogP contribution in [0.4, 0.5) is 0 Å². The molecule has 0 fully saturated rings. The third kappa shape index (κ3) is 51.8. The van der Waals surface area contributed by atoms with Crippen molar-refractivity contribution in [2.24, 2.45) is 0 Å². The van der Waals surface area contributed by atoms with E-state index in [1.807, 2.05) is 0 Å². The molecule has 0 heterocycles. The second kappa shape index (κ2) is 48.9. The van der Waals surface area contributed by atoms with Gasteiger partial charge in [0.05, 0.1) is 65.2 Å². The average molecular weight is 963 g/mol.